The molecule has 20 heavy (non-hydrogen) atoms. The summed E-state index contributed by atoms with van der Waals surface area (Å²) in [5, 5.41) is 9.51. The highest BCUT2D eigenvalue weighted by atomic mass is 16.6. The van der Waals surface area contributed by atoms with Gasteiger partial charge in [0, 0.05) is 19.1 Å². The Hall–Kier alpha value is -1.14. The second-order valence-electron chi connectivity index (χ2n) is 5.37. The molecule has 1 fully saturated rings. The van der Waals surface area contributed by atoms with Gasteiger partial charge in [0.1, 0.15) is 0 Å². The van der Waals surface area contributed by atoms with E-state index in [4.69, 9.17) is 9.47 Å². The highest BCUT2D eigenvalue weighted by Gasteiger charge is 2.55. The molecule has 1 heterocycles. The molecule has 0 aliphatic carbocycles. The molecule has 0 saturated carbocycles. The molecule has 6 heteroatoms. The number of hydrogen-bond donors (Lipinski definition) is 1. The first-order chi connectivity index (χ1) is 9.40. The first kappa shape index (κ1) is 16.9. The van der Waals surface area contributed by atoms with Crippen molar-refractivity contribution in [2.45, 2.75) is 45.3 Å². The molecule has 1 atom stereocenters. The zero-order chi connectivity index (χ0) is 15.3. The van der Waals surface area contributed by atoms with Gasteiger partial charge in [-0.15, -0.1) is 0 Å². The maximum Gasteiger partial charge on any atom is 0.350 e. The summed E-state index contributed by atoms with van der Waals surface area (Å²) < 4.78 is 10.1. The summed E-state index contributed by atoms with van der Waals surface area (Å²) in [4.78, 5) is 26.0. The minimum absolute atomic E-state index is 0.141. The fourth-order valence-corrected chi connectivity index (χ4v) is 2.83. The van der Waals surface area contributed by atoms with Crippen LogP contribution in [0.3, 0.4) is 0 Å². The van der Waals surface area contributed by atoms with E-state index in [1.807, 2.05) is 0 Å². The molecule has 0 amide bonds. The Morgan fingerprint density at radius 3 is 2.25 bits per heavy atom. The summed E-state index contributed by atoms with van der Waals surface area (Å²) in [5.41, 5.74) is -1.88. The van der Waals surface area contributed by atoms with Crippen LogP contribution in [0.15, 0.2) is 0 Å². The molecule has 1 aliphatic rings. The quantitative estimate of drug-likeness (QED) is 0.583. The molecule has 1 rings (SSSR count). The number of rotatable bonds is 6. The van der Waals surface area contributed by atoms with Crippen molar-refractivity contribution in [3.63, 3.8) is 0 Å². The molecule has 0 aromatic heterocycles. The van der Waals surface area contributed by atoms with Gasteiger partial charge in [0.25, 0.3) is 5.60 Å². The van der Waals surface area contributed by atoms with Crippen LogP contribution >= 0.6 is 0 Å². The first-order valence-electron chi connectivity index (χ1n) is 7.09. The lowest BCUT2D eigenvalue weighted by Crippen LogP contribution is -2.58. The number of piperidine rings is 1. The topological polar surface area (TPSA) is 76.1 Å². The van der Waals surface area contributed by atoms with Crippen LogP contribution in [0.4, 0.5) is 0 Å². The molecule has 0 aromatic rings. The maximum absolute atomic E-state index is 12.1. The zero-order valence-corrected chi connectivity index (χ0v) is 12.7. The molecular formula is C14H25NO5. The third-order valence-corrected chi connectivity index (χ3v) is 4.05. The average Bonchev–Trinajstić information content (AvgIpc) is 2.40. The van der Waals surface area contributed by atoms with E-state index in [-0.39, 0.29) is 12.5 Å². The number of ether oxygens (including phenoxy) is 2. The van der Waals surface area contributed by atoms with Crippen LogP contribution in [0.2, 0.25) is 0 Å². The Morgan fingerprint density at radius 2 is 1.90 bits per heavy atom. The molecule has 6 nitrogen and oxygen atoms in total. The fraction of sp³-hybridized carbons (Fsp3) is 0.857. The minimum Gasteiger partial charge on any atom is -0.479 e. The number of carbonyl (C=O) groups is 2. The van der Waals surface area contributed by atoms with Crippen LogP contribution in [-0.4, -0.2) is 60.4 Å². The molecule has 1 saturated heterocycles. The van der Waals surface area contributed by atoms with Crippen molar-refractivity contribution in [2.24, 2.45) is 5.92 Å². The zero-order valence-electron chi connectivity index (χ0n) is 12.7. The third-order valence-electron chi connectivity index (χ3n) is 4.05. The summed E-state index contributed by atoms with van der Waals surface area (Å²) in [5.74, 6) is -2.42. The Morgan fingerprint density at radius 1 is 1.35 bits per heavy atom. The van der Waals surface area contributed by atoms with Crippen molar-refractivity contribution in [1.29, 1.82) is 0 Å². The van der Waals surface area contributed by atoms with Crippen LogP contribution < -0.4 is 0 Å². The number of aliphatic carboxylic acids is 1. The monoisotopic (exact) mass is 287 g/mol. The van der Waals surface area contributed by atoms with E-state index >= 15 is 0 Å². The van der Waals surface area contributed by atoms with Crippen molar-refractivity contribution in [2.75, 3.05) is 26.8 Å². The largest absolute Gasteiger partial charge is 0.479 e. The van der Waals surface area contributed by atoms with Gasteiger partial charge in [-0.1, -0.05) is 0 Å². The van der Waals surface area contributed by atoms with Gasteiger partial charge in [-0.05, 0) is 46.7 Å². The number of carboxylic acids is 1. The minimum atomic E-state index is -1.88. The number of hydrogen-bond acceptors (Lipinski definition) is 5. The van der Waals surface area contributed by atoms with Crippen molar-refractivity contribution >= 4 is 11.9 Å². The molecule has 116 valence electrons. The van der Waals surface area contributed by atoms with Gasteiger partial charge >= 0.3 is 11.9 Å². The number of carbonyl (C=O) groups excluding carboxylic acids is 1. The summed E-state index contributed by atoms with van der Waals surface area (Å²) in [6, 6.07) is 0.417. The molecule has 1 aliphatic heterocycles. The van der Waals surface area contributed by atoms with Crippen LogP contribution in [0.1, 0.15) is 33.6 Å². The van der Waals surface area contributed by atoms with Crippen LogP contribution in [0, 0.1) is 5.92 Å². The summed E-state index contributed by atoms with van der Waals surface area (Å²) >= 11 is 0. The Kier molecular flexibility index (Phi) is 5.95. The van der Waals surface area contributed by atoms with Crippen LogP contribution in [0.25, 0.3) is 0 Å². The molecule has 0 spiro atoms. The van der Waals surface area contributed by atoms with E-state index in [0.717, 1.165) is 13.1 Å². The predicted molar refractivity (Wildman–Crippen MR) is 73.4 cm³/mol. The van der Waals surface area contributed by atoms with E-state index in [0.29, 0.717) is 18.9 Å². The van der Waals surface area contributed by atoms with E-state index in [9.17, 15) is 14.7 Å². The summed E-state index contributed by atoms with van der Waals surface area (Å²) in [6.07, 6.45) is 1.22. The van der Waals surface area contributed by atoms with Gasteiger partial charge in [0.05, 0.1) is 6.61 Å². The molecule has 0 radical (unpaired) electrons. The standard InChI is InChI=1S/C14H25NO5/c1-5-20-13(18)14(19-4,12(16)17)11-6-8-15(9-7-11)10(2)3/h10-11H,5-9H2,1-4H3,(H,16,17). The fourth-order valence-electron chi connectivity index (χ4n) is 2.83. The lowest BCUT2D eigenvalue weighted by Gasteiger charge is -2.40. The van der Waals surface area contributed by atoms with Gasteiger partial charge in [-0.2, -0.15) is 0 Å². The molecule has 1 N–H and O–H groups in total. The number of likely N-dealkylation sites (tertiary alicyclic amines) is 1. The van der Waals surface area contributed by atoms with Gasteiger partial charge in [-0.25, -0.2) is 9.59 Å². The van der Waals surface area contributed by atoms with Gasteiger partial charge in [-0.3, -0.25) is 0 Å². The van der Waals surface area contributed by atoms with E-state index in [1.54, 1.807) is 6.92 Å². The second-order valence-corrected chi connectivity index (χ2v) is 5.37. The van der Waals surface area contributed by atoms with E-state index in [1.165, 1.54) is 7.11 Å². The number of esters is 1. The van der Waals surface area contributed by atoms with Gasteiger partial charge < -0.3 is 19.5 Å². The van der Waals surface area contributed by atoms with Gasteiger partial charge in [0.15, 0.2) is 0 Å². The summed E-state index contributed by atoms with van der Waals surface area (Å²) in [6.45, 7) is 7.53. The normalized spacial score (nSPS) is 20.6. The van der Waals surface area contributed by atoms with Crippen molar-refractivity contribution in [3.05, 3.63) is 0 Å². The number of nitrogens with zero attached hydrogens (tertiary/aromatic N) is 1. The lowest BCUT2D eigenvalue weighted by molar-refractivity contribution is -0.193. The molecule has 0 bridgehead atoms. The average molecular weight is 287 g/mol. The molecular weight excluding hydrogens is 262 g/mol. The lowest BCUT2D eigenvalue weighted by atomic mass is 9.79. The maximum atomic E-state index is 12.1. The van der Waals surface area contributed by atoms with E-state index < -0.39 is 17.5 Å². The SMILES string of the molecule is CCOC(=O)C(OC)(C(=O)O)C1CCN(C(C)C)CC1. The smallest absolute Gasteiger partial charge is 0.350 e. The van der Waals surface area contributed by atoms with Crippen LogP contribution in [0.5, 0.6) is 0 Å². The Bertz CT molecular complexity index is 349. The second kappa shape index (κ2) is 7.04. The van der Waals surface area contributed by atoms with Crippen molar-refractivity contribution < 1.29 is 24.2 Å². The summed E-state index contributed by atoms with van der Waals surface area (Å²) in [7, 11) is 1.26. The molecule has 0 aromatic carbocycles. The van der Waals surface area contributed by atoms with Crippen LogP contribution in [-0.2, 0) is 19.1 Å². The van der Waals surface area contributed by atoms with Gasteiger partial charge in [0.2, 0.25) is 0 Å². The van der Waals surface area contributed by atoms with Crippen molar-refractivity contribution in [3.8, 4) is 0 Å². The Labute approximate surface area is 120 Å². The highest BCUT2D eigenvalue weighted by Crippen LogP contribution is 2.33. The Balaban J connectivity index is 2.91. The highest BCUT2D eigenvalue weighted by molar-refractivity contribution is 6.03. The first-order valence-corrected chi connectivity index (χ1v) is 7.09. The van der Waals surface area contributed by atoms with E-state index in [2.05, 4.69) is 18.7 Å². The predicted octanol–water partition coefficient (Wildman–Crippen LogP) is 1.14. The van der Waals surface area contributed by atoms with Crippen molar-refractivity contribution in [1.82, 2.24) is 4.90 Å². The third kappa shape index (κ3) is 3.12. The number of methoxy groups -OCH3 is 1. The molecule has 1 unspecified atom stereocenters. The number of carboxylic acid groups (broad SMARTS) is 1.